The van der Waals surface area contributed by atoms with E-state index in [0.29, 0.717) is 65.4 Å². The lowest BCUT2D eigenvalue weighted by molar-refractivity contribution is -0.153. The van der Waals surface area contributed by atoms with Gasteiger partial charge in [-0.2, -0.15) is 13.2 Å². The van der Waals surface area contributed by atoms with Crippen molar-refractivity contribution >= 4 is 111 Å². The molecule has 5 heterocycles. The van der Waals surface area contributed by atoms with Gasteiger partial charge in [0.2, 0.25) is 0 Å². The molecule has 25 heteroatoms. The highest BCUT2D eigenvalue weighted by Gasteiger charge is 2.28. The highest BCUT2D eigenvalue weighted by atomic mass is 32.1. The molecule has 0 radical (unpaired) electrons. The minimum atomic E-state index is -4.37. The molecule has 0 aliphatic carbocycles. The van der Waals surface area contributed by atoms with Crippen molar-refractivity contribution in [1.82, 2.24) is 24.9 Å². The molecule has 0 bridgehead atoms. The molecule has 15 rings (SSSR count). The maximum atomic E-state index is 13.7. The highest BCUT2D eigenvalue weighted by molar-refractivity contribution is 7.15. The Morgan fingerprint density at radius 1 is 0.312 bits per heavy atom. The first-order chi connectivity index (χ1) is 52.4. The molecule has 554 valence electrons. The van der Waals surface area contributed by atoms with Gasteiger partial charge in [-0.25, -0.2) is 51.3 Å². The lowest BCUT2D eigenvalue weighted by atomic mass is 9.86. The number of rotatable bonds is 17. The summed E-state index contributed by atoms with van der Waals surface area (Å²) in [5.74, 6) is -1.66. The molecule has 0 fully saturated rings. The fourth-order valence-corrected chi connectivity index (χ4v) is 13.8. The highest BCUT2D eigenvalue weighted by Crippen LogP contribution is 2.36. The van der Waals surface area contributed by atoms with Crippen LogP contribution in [0.25, 0.3) is 56.3 Å². The summed E-state index contributed by atoms with van der Waals surface area (Å²) in [6.45, 7) is 11.1. The standard InChI is InChI=1S/C19H19FN2S.C17H12F4N2OS.C16H12F2N2S.2C16H13FN2S/c1-19(2,3)14-8-6-7-13(11-14)17-12-23-18(22-17)21-16-10-5-4-9-15(16)20;18-13-3-1-2-4-14(13)22-16-23-15(9-25-16)11-5-7-12(8-6-11)24-10-17(19,20)21;1-10-8-11(6-7-12(10)17)15-9-21-16(20-15)19-14-5-3-2-4-13(14)18;2*1-11-5-4-6-12(9-11)15-10-20-16(19-15)18-14-8-3-2-7-13(14)17/h4-12H,1-3H3,(H,21,22);1-9H,10H2,(H,22,23);2-9H,1H3,(H,19,20);2*2-10H,1H3,(H,18,19). The number of benzene rings is 10. The number of aryl methyl sites for hydroxylation is 3. The van der Waals surface area contributed by atoms with Gasteiger partial charge in [-0.05, 0) is 159 Å². The molecule has 109 heavy (non-hydrogen) atoms. The summed E-state index contributed by atoms with van der Waals surface area (Å²) >= 11 is 7.07. The number of alkyl halides is 3. The number of para-hydroxylation sites is 5. The summed E-state index contributed by atoms with van der Waals surface area (Å²) in [5, 5.41) is 27.6. The van der Waals surface area contributed by atoms with Crippen molar-refractivity contribution in [2.75, 3.05) is 33.2 Å². The zero-order valence-electron chi connectivity index (χ0n) is 59.2. The molecule has 10 aromatic carbocycles. The average molecular weight is 1570 g/mol. The number of hydrogen-bond acceptors (Lipinski definition) is 16. The van der Waals surface area contributed by atoms with Crippen LogP contribution in [0.3, 0.4) is 0 Å². The fraction of sp³-hybridized carbons (Fsp3) is 0.107. The normalized spacial score (nSPS) is 10.9. The van der Waals surface area contributed by atoms with Crippen molar-refractivity contribution in [3.8, 4) is 62.0 Å². The summed E-state index contributed by atoms with van der Waals surface area (Å²) in [6.07, 6.45) is -4.37. The maximum absolute atomic E-state index is 13.7. The minimum absolute atomic E-state index is 0.0975. The molecule has 0 unspecified atom stereocenters. The number of anilines is 10. The lowest BCUT2D eigenvalue weighted by Crippen LogP contribution is -2.19. The Hall–Kier alpha value is -11.5. The number of nitrogens with one attached hydrogen (secondary N) is 5. The number of thiazole rings is 5. The third-order valence-corrected chi connectivity index (χ3v) is 19.5. The molecule has 5 N–H and O–H groups in total. The van der Waals surface area contributed by atoms with Crippen molar-refractivity contribution < 1.29 is 44.3 Å². The third kappa shape index (κ3) is 23.0. The van der Waals surface area contributed by atoms with Crippen LogP contribution >= 0.6 is 56.7 Å². The van der Waals surface area contributed by atoms with E-state index in [1.807, 2.05) is 71.8 Å². The van der Waals surface area contributed by atoms with Crippen LogP contribution in [0.5, 0.6) is 5.75 Å². The van der Waals surface area contributed by atoms with Crippen molar-refractivity contribution in [2.45, 2.75) is 53.1 Å². The molecule has 5 aromatic heterocycles. The fourth-order valence-electron chi connectivity index (χ4n) is 10.2. The summed E-state index contributed by atoms with van der Waals surface area (Å²) in [4.78, 5) is 22.3. The molecule has 0 spiro atoms. The van der Waals surface area contributed by atoms with E-state index in [1.54, 1.807) is 128 Å². The number of ether oxygens (including phenoxy) is 1. The monoisotopic (exact) mass is 1560 g/mol. The van der Waals surface area contributed by atoms with E-state index in [1.165, 1.54) is 122 Å². The van der Waals surface area contributed by atoms with E-state index < -0.39 is 12.8 Å². The smallest absolute Gasteiger partial charge is 0.422 e. The molecule has 0 saturated heterocycles. The Balaban J connectivity index is 0.000000136. The Kier molecular flexibility index (Phi) is 26.6. The summed E-state index contributed by atoms with van der Waals surface area (Å²) in [6, 6.07) is 68.2. The molecule has 0 atom stereocenters. The van der Waals surface area contributed by atoms with Crippen LogP contribution in [0.4, 0.5) is 93.6 Å². The van der Waals surface area contributed by atoms with E-state index in [0.717, 1.165) is 50.6 Å². The predicted octanol–water partition coefficient (Wildman–Crippen LogP) is 26.8. The summed E-state index contributed by atoms with van der Waals surface area (Å²) < 4.78 is 122. The van der Waals surface area contributed by atoms with Crippen LogP contribution in [0.2, 0.25) is 0 Å². The zero-order chi connectivity index (χ0) is 77.0. The van der Waals surface area contributed by atoms with E-state index in [4.69, 9.17) is 0 Å². The van der Waals surface area contributed by atoms with Gasteiger partial charge in [0.05, 0.1) is 56.9 Å². The average Bonchev–Trinajstić information content (AvgIpc) is 1.78. The molecule has 0 saturated carbocycles. The molecule has 0 amide bonds. The second kappa shape index (κ2) is 36.9. The van der Waals surface area contributed by atoms with E-state index in [9.17, 15) is 39.5 Å². The molecule has 11 nitrogen and oxygen atoms in total. The number of nitrogens with zero attached hydrogens (tertiary/aromatic N) is 5. The summed E-state index contributed by atoms with van der Waals surface area (Å²) in [7, 11) is 0. The Morgan fingerprint density at radius 2 is 0.606 bits per heavy atom. The first kappa shape index (κ1) is 78.6. The quantitative estimate of drug-likeness (QED) is 0.0558. The van der Waals surface area contributed by atoms with Crippen molar-refractivity contribution in [1.29, 1.82) is 0 Å². The van der Waals surface area contributed by atoms with Crippen LogP contribution in [0.1, 0.15) is 43.0 Å². The SMILES string of the molecule is CC(C)(C)c1cccc(-c2csc(Nc3ccccc3F)n2)c1.Cc1cc(-c2csc(Nc3ccccc3F)n2)ccc1F.Cc1cccc(-c2csc(Nc3ccccc3F)n2)c1.Cc1cccc(-c2csc(Nc3ccccc3F)n2)c1.Fc1ccccc1Nc1nc(-c2ccc(OCC(F)(F)F)cc2)cs1. The topological polar surface area (TPSA) is 134 Å². The molecule has 0 aliphatic heterocycles. The van der Waals surface area contributed by atoms with E-state index in [-0.39, 0.29) is 46.1 Å². The zero-order valence-corrected chi connectivity index (χ0v) is 63.3. The van der Waals surface area contributed by atoms with E-state index in [2.05, 4.69) is 113 Å². The second-order valence-electron chi connectivity index (χ2n) is 25.2. The van der Waals surface area contributed by atoms with Crippen LogP contribution in [-0.4, -0.2) is 37.7 Å². The van der Waals surface area contributed by atoms with Gasteiger partial charge in [0.15, 0.2) is 32.3 Å². The molecule has 0 aliphatic rings. The number of halogens is 9. The molecular formula is C84H69F9N10OS5. The molecule has 15 aromatic rings. The maximum Gasteiger partial charge on any atom is 0.422 e. The van der Waals surface area contributed by atoms with Gasteiger partial charge < -0.3 is 31.3 Å². The predicted molar refractivity (Wildman–Crippen MR) is 431 cm³/mol. The van der Waals surface area contributed by atoms with Gasteiger partial charge in [0.1, 0.15) is 40.7 Å². The van der Waals surface area contributed by atoms with Crippen LogP contribution in [-0.2, 0) is 5.41 Å². The summed E-state index contributed by atoms with van der Waals surface area (Å²) in [5.41, 5.74) is 15.2. The van der Waals surface area contributed by atoms with Crippen molar-refractivity contribution in [2.24, 2.45) is 0 Å². The lowest BCUT2D eigenvalue weighted by Gasteiger charge is -2.19. The Morgan fingerprint density at radius 3 is 0.908 bits per heavy atom. The Bertz CT molecular complexity index is 5350. The van der Waals surface area contributed by atoms with Crippen LogP contribution in [0, 0.1) is 55.7 Å². The number of aromatic nitrogens is 5. The van der Waals surface area contributed by atoms with Gasteiger partial charge >= 0.3 is 6.18 Å². The van der Waals surface area contributed by atoms with Gasteiger partial charge in [0.25, 0.3) is 0 Å². The van der Waals surface area contributed by atoms with Gasteiger partial charge in [0, 0.05) is 54.7 Å². The third-order valence-electron chi connectivity index (χ3n) is 15.8. The van der Waals surface area contributed by atoms with Gasteiger partial charge in [-0.1, -0.05) is 147 Å². The van der Waals surface area contributed by atoms with Crippen LogP contribution in [0.15, 0.2) is 263 Å². The van der Waals surface area contributed by atoms with E-state index >= 15 is 0 Å². The van der Waals surface area contributed by atoms with Crippen molar-refractivity contribution in [3.63, 3.8) is 0 Å². The Labute approximate surface area is 644 Å². The van der Waals surface area contributed by atoms with Crippen LogP contribution < -0.4 is 31.3 Å². The van der Waals surface area contributed by atoms with Gasteiger partial charge in [-0.3, -0.25) is 0 Å². The first-order valence-electron chi connectivity index (χ1n) is 33.6. The second-order valence-corrected chi connectivity index (χ2v) is 29.5. The van der Waals surface area contributed by atoms with Crippen molar-refractivity contribution in [3.05, 3.63) is 321 Å². The molecular weight excluding hydrogens is 1500 g/mol. The first-order valence-corrected chi connectivity index (χ1v) is 38.0. The largest absolute Gasteiger partial charge is 0.484 e. The number of hydrogen-bond donors (Lipinski definition) is 5. The van der Waals surface area contributed by atoms with Gasteiger partial charge in [-0.15, -0.1) is 56.7 Å². The minimum Gasteiger partial charge on any atom is -0.484 e.